The summed E-state index contributed by atoms with van der Waals surface area (Å²) in [5.74, 6) is 2.21. The zero-order chi connectivity index (χ0) is 25.2. The smallest absolute Gasteiger partial charge is 0.252 e. The van der Waals surface area contributed by atoms with Crippen molar-refractivity contribution >= 4 is 10.9 Å². The van der Waals surface area contributed by atoms with Crippen molar-refractivity contribution in [3.8, 4) is 11.5 Å². The molecule has 10 heteroatoms. The maximum Gasteiger partial charge on any atom is 0.252 e. The van der Waals surface area contributed by atoms with E-state index in [2.05, 4.69) is 44.5 Å². The molecule has 37 heavy (non-hydrogen) atoms. The lowest BCUT2D eigenvalue weighted by Gasteiger charge is -2.22. The van der Waals surface area contributed by atoms with Crippen LogP contribution in [0, 0.1) is 0 Å². The van der Waals surface area contributed by atoms with E-state index in [-0.39, 0.29) is 18.5 Å². The van der Waals surface area contributed by atoms with Crippen molar-refractivity contribution in [3.05, 3.63) is 75.3 Å². The number of nitrogens with zero attached hydrogens (tertiary/aromatic N) is 5. The molecule has 0 radical (unpaired) electrons. The molecule has 0 aliphatic carbocycles. The first-order chi connectivity index (χ1) is 18.1. The topological polar surface area (TPSA) is 107 Å². The summed E-state index contributed by atoms with van der Waals surface area (Å²) in [6.45, 7) is 5.24. The highest BCUT2D eigenvalue weighted by Crippen LogP contribution is 2.33. The third-order valence-electron chi connectivity index (χ3n) is 7.00. The Labute approximate surface area is 214 Å². The van der Waals surface area contributed by atoms with Gasteiger partial charge in [-0.05, 0) is 76.5 Å². The highest BCUT2D eigenvalue weighted by molar-refractivity contribution is 5.79. The van der Waals surface area contributed by atoms with Crippen molar-refractivity contribution in [1.82, 2.24) is 30.1 Å². The first kappa shape index (κ1) is 23.6. The fourth-order valence-electron chi connectivity index (χ4n) is 5.00. The molecular formula is C27H30N6O4. The van der Waals surface area contributed by atoms with Gasteiger partial charge in [-0.2, -0.15) is 0 Å². The molecule has 1 atom stereocenters. The second kappa shape index (κ2) is 10.3. The standard InChI is InChI=1S/C27H30N6O4/c1-2-18-5-7-23-20(10-18)12-21(27(34)28-23)14-32(13-19-6-8-24-25(11-19)37-17-36-24)16-26-29-30-31-33(26)15-22-4-3-9-35-22/h5-8,10-12,22H,2-4,9,13-17H2,1H3,(H,28,34)/t22-/m0/s1. The van der Waals surface area contributed by atoms with Gasteiger partial charge in [0, 0.05) is 30.8 Å². The number of pyridine rings is 1. The summed E-state index contributed by atoms with van der Waals surface area (Å²) >= 11 is 0. The summed E-state index contributed by atoms with van der Waals surface area (Å²) in [5.41, 5.74) is 3.73. The lowest BCUT2D eigenvalue weighted by molar-refractivity contribution is 0.0914. The van der Waals surface area contributed by atoms with Crippen molar-refractivity contribution in [2.75, 3.05) is 13.4 Å². The van der Waals surface area contributed by atoms with E-state index in [0.717, 1.165) is 59.7 Å². The zero-order valence-corrected chi connectivity index (χ0v) is 20.9. The molecular weight excluding hydrogens is 472 g/mol. The summed E-state index contributed by atoms with van der Waals surface area (Å²) in [7, 11) is 0. The first-order valence-electron chi connectivity index (χ1n) is 12.8. The summed E-state index contributed by atoms with van der Waals surface area (Å²) in [5, 5.41) is 13.5. The fourth-order valence-corrected chi connectivity index (χ4v) is 5.00. The second-order valence-electron chi connectivity index (χ2n) is 9.64. The number of aromatic amines is 1. The van der Waals surface area contributed by atoms with E-state index in [0.29, 0.717) is 31.7 Å². The van der Waals surface area contributed by atoms with Crippen LogP contribution in [0.25, 0.3) is 10.9 Å². The van der Waals surface area contributed by atoms with Crippen LogP contribution in [-0.2, 0) is 37.3 Å². The van der Waals surface area contributed by atoms with E-state index in [1.807, 2.05) is 35.0 Å². The predicted molar refractivity (Wildman–Crippen MR) is 136 cm³/mol. The lowest BCUT2D eigenvalue weighted by Crippen LogP contribution is -2.29. The molecule has 2 aromatic heterocycles. The highest BCUT2D eigenvalue weighted by Gasteiger charge is 2.21. The third kappa shape index (κ3) is 5.21. The minimum Gasteiger partial charge on any atom is -0.454 e. The van der Waals surface area contributed by atoms with Gasteiger partial charge >= 0.3 is 0 Å². The van der Waals surface area contributed by atoms with Gasteiger partial charge in [-0.15, -0.1) is 5.10 Å². The molecule has 2 aromatic carbocycles. The van der Waals surface area contributed by atoms with Gasteiger partial charge in [0.15, 0.2) is 17.3 Å². The molecule has 1 N–H and O–H groups in total. The van der Waals surface area contributed by atoms with Crippen LogP contribution in [0.1, 0.15) is 42.3 Å². The SMILES string of the molecule is CCc1ccc2[nH]c(=O)c(CN(Cc3ccc4c(c3)OCO4)Cc3nnnn3C[C@@H]3CCCO3)cc2c1. The van der Waals surface area contributed by atoms with Gasteiger partial charge in [0.2, 0.25) is 6.79 Å². The van der Waals surface area contributed by atoms with E-state index < -0.39 is 0 Å². The van der Waals surface area contributed by atoms with E-state index in [1.165, 1.54) is 5.56 Å². The quantitative estimate of drug-likeness (QED) is 0.372. The van der Waals surface area contributed by atoms with Gasteiger partial charge in [-0.3, -0.25) is 9.69 Å². The Morgan fingerprint density at radius 2 is 1.95 bits per heavy atom. The minimum atomic E-state index is -0.0913. The third-order valence-corrected chi connectivity index (χ3v) is 7.00. The Kier molecular flexibility index (Phi) is 6.58. The van der Waals surface area contributed by atoms with Crippen molar-refractivity contribution in [2.24, 2.45) is 0 Å². The number of ether oxygens (including phenoxy) is 3. The molecule has 4 aromatic rings. The molecule has 10 nitrogen and oxygen atoms in total. The number of benzene rings is 2. The van der Waals surface area contributed by atoms with Crippen molar-refractivity contribution < 1.29 is 14.2 Å². The van der Waals surface area contributed by atoms with E-state index in [9.17, 15) is 4.79 Å². The zero-order valence-electron chi connectivity index (χ0n) is 20.9. The molecule has 192 valence electrons. The molecule has 4 heterocycles. The van der Waals surface area contributed by atoms with Gasteiger partial charge in [0.05, 0.1) is 19.2 Å². The fraction of sp³-hybridized carbons (Fsp3) is 0.407. The summed E-state index contributed by atoms with van der Waals surface area (Å²) in [4.78, 5) is 18.3. The Hall–Kier alpha value is -3.76. The average molecular weight is 503 g/mol. The Bertz CT molecular complexity index is 1460. The number of aromatic nitrogens is 5. The molecule has 0 bridgehead atoms. The molecule has 2 aliphatic heterocycles. The Morgan fingerprint density at radius 1 is 1.05 bits per heavy atom. The number of hydrogen-bond acceptors (Lipinski definition) is 8. The summed E-state index contributed by atoms with van der Waals surface area (Å²) < 4.78 is 18.7. The van der Waals surface area contributed by atoms with Crippen LogP contribution in [0.2, 0.25) is 0 Å². The maximum atomic E-state index is 13.0. The first-order valence-corrected chi connectivity index (χ1v) is 12.8. The van der Waals surface area contributed by atoms with Crippen LogP contribution in [0.4, 0.5) is 0 Å². The molecule has 6 rings (SSSR count). The molecule has 1 fully saturated rings. The van der Waals surface area contributed by atoms with E-state index in [4.69, 9.17) is 14.2 Å². The van der Waals surface area contributed by atoms with Gasteiger partial charge in [0.25, 0.3) is 5.56 Å². The van der Waals surface area contributed by atoms with Crippen LogP contribution in [-0.4, -0.2) is 49.6 Å². The van der Waals surface area contributed by atoms with E-state index >= 15 is 0 Å². The molecule has 0 saturated carbocycles. The normalized spacial score (nSPS) is 16.8. The number of tetrazole rings is 1. The summed E-state index contributed by atoms with van der Waals surface area (Å²) in [6.07, 6.45) is 3.13. The molecule has 1 saturated heterocycles. The van der Waals surface area contributed by atoms with Gasteiger partial charge < -0.3 is 19.2 Å². The van der Waals surface area contributed by atoms with Crippen LogP contribution < -0.4 is 15.0 Å². The number of hydrogen-bond donors (Lipinski definition) is 1. The molecule has 2 aliphatic rings. The monoisotopic (exact) mass is 502 g/mol. The van der Waals surface area contributed by atoms with Gasteiger partial charge in [-0.25, -0.2) is 4.68 Å². The van der Waals surface area contributed by atoms with Crippen LogP contribution in [0.3, 0.4) is 0 Å². The average Bonchev–Trinajstić information content (AvgIpc) is 3.67. The second-order valence-corrected chi connectivity index (χ2v) is 9.64. The van der Waals surface area contributed by atoms with Crippen LogP contribution in [0.5, 0.6) is 11.5 Å². The largest absolute Gasteiger partial charge is 0.454 e. The minimum absolute atomic E-state index is 0.0913. The Balaban J connectivity index is 1.29. The van der Waals surface area contributed by atoms with Gasteiger partial charge in [0.1, 0.15) is 0 Å². The predicted octanol–water partition coefficient (Wildman–Crippen LogP) is 3.19. The maximum absolute atomic E-state index is 13.0. The van der Waals surface area contributed by atoms with Crippen molar-refractivity contribution in [2.45, 2.75) is 58.5 Å². The number of nitrogens with one attached hydrogen (secondary N) is 1. The van der Waals surface area contributed by atoms with Crippen molar-refractivity contribution in [3.63, 3.8) is 0 Å². The highest BCUT2D eigenvalue weighted by atomic mass is 16.7. The number of H-pyrrole nitrogens is 1. The number of fused-ring (bicyclic) bond motifs is 2. The number of rotatable bonds is 9. The lowest BCUT2D eigenvalue weighted by atomic mass is 10.1. The number of aryl methyl sites for hydroxylation is 1. The Morgan fingerprint density at radius 3 is 2.81 bits per heavy atom. The molecule has 0 spiro atoms. The van der Waals surface area contributed by atoms with E-state index in [1.54, 1.807) is 0 Å². The van der Waals surface area contributed by atoms with Crippen LogP contribution >= 0.6 is 0 Å². The summed E-state index contributed by atoms with van der Waals surface area (Å²) in [6, 6.07) is 14.1. The van der Waals surface area contributed by atoms with Crippen molar-refractivity contribution in [1.29, 1.82) is 0 Å². The molecule has 0 unspecified atom stereocenters. The molecule has 0 amide bonds. The van der Waals surface area contributed by atoms with Gasteiger partial charge in [-0.1, -0.05) is 19.1 Å². The van der Waals surface area contributed by atoms with Crippen LogP contribution in [0.15, 0.2) is 47.3 Å².